The van der Waals surface area contributed by atoms with E-state index in [9.17, 15) is 14.4 Å². The molecule has 0 spiro atoms. The van der Waals surface area contributed by atoms with Crippen molar-refractivity contribution in [1.29, 1.82) is 0 Å². The van der Waals surface area contributed by atoms with Gasteiger partial charge in [-0.25, -0.2) is 0 Å². The van der Waals surface area contributed by atoms with Crippen LogP contribution in [0, 0.1) is 0 Å². The van der Waals surface area contributed by atoms with Crippen LogP contribution in [0.3, 0.4) is 0 Å². The Morgan fingerprint density at radius 2 is 0.544 bits per heavy atom. The first-order chi connectivity index (χ1) is 39.0. The molecule has 0 amide bonds. The van der Waals surface area contributed by atoms with Crippen molar-refractivity contribution in [2.75, 3.05) is 13.2 Å². The van der Waals surface area contributed by atoms with Gasteiger partial charge in [0.2, 0.25) is 0 Å². The molecule has 0 saturated heterocycles. The molecule has 1 unspecified atom stereocenters. The van der Waals surface area contributed by atoms with Gasteiger partial charge < -0.3 is 14.2 Å². The van der Waals surface area contributed by atoms with Gasteiger partial charge in [-0.1, -0.05) is 338 Å². The highest BCUT2D eigenvalue weighted by atomic mass is 16.6. The van der Waals surface area contributed by atoms with Crippen molar-refractivity contribution in [2.24, 2.45) is 0 Å². The van der Waals surface area contributed by atoms with Crippen LogP contribution in [0.1, 0.15) is 355 Å². The fourth-order valence-electron chi connectivity index (χ4n) is 10.1. The summed E-state index contributed by atoms with van der Waals surface area (Å²) in [4.78, 5) is 38.3. The van der Waals surface area contributed by atoms with E-state index < -0.39 is 12.1 Å². The summed E-state index contributed by atoms with van der Waals surface area (Å²) in [5, 5.41) is 0. The van der Waals surface area contributed by atoms with Crippen molar-refractivity contribution in [2.45, 2.75) is 361 Å². The lowest BCUT2D eigenvalue weighted by atomic mass is 10.0. The number of rotatable bonds is 63. The largest absolute Gasteiger partial charge is 0.462 e. The molecule has 79 heavy (non-hydrogen) atoms. The van der Waals surface area contributed by atoms with Crippen LogP contribution in [-0.2, 0) is 28.6 Å². The Bertz CT molecular complexity index is 1450. The van der Waals surface area contributed by atoms with Crippen LogP contribution in [0.15, 0.2) is 72.9 Å². The molecule has 0 aliphatic carbocycles. The number of carbonyl (C=O) groups excluding carboxylic acids is 3. The third-order valence-electron chi connectivity index (χ3n) is 15.2. The van der Waals surface area contributed by atoms with Gasteiger partial charge in [-0.15, -0.1) is 0 Å². The number of hydrogen-bond acceptors (Lipinski definition) is 6. The zero-order chi connectivity index (χ0) is 57.1. The van der Waals surface area contributed by atoms with E-state index >= 15 is 0 Å². The predicted octanol–water partition coefficient (Wildman–Crippen LogP) is 23.7. The van der Waals surface area contributed by atoms with Crippen molar-refractivity contribution < 1.29 is 28.6 Å². The molecule has 0 fully saturated rings. The van der Waals surface area contributed by atoms with E-state index in [1.54, 1.807) is 6.08 Å². The Balaban J connectivity index is 4.29. The van der Waals surface area contributed by atoms with E-state index in [2.05, 4.69) is 81.5 Å². The number of carbonyl (C=O) groups is 3. The van der Waals surface area contributed by atoms with Crippen LogP contribution >= 0.6 is 0 Å². The van der Waals surface area contributed by atoms with Gasteiger partial charge in [0.1, 0.15) is 13.2 Å². The highest BCUT2D eigenvalue weighted by Gasteiger charge is 2.19. The standard InChI is InChI=1S/C73H130O6/c1-4-7-10-13-16-19-22-25-28-30-32-33-34-35-36-37-38-39-40-41-43-45-48-51-54-57-60-63-66-72(75)78-69-70(68-77-71(74)65-62-59-56-53-50-47-44-27-24-21-18-15-12-9-6-3)79-73(76)67-64-61-58-55-52-49-46-42-31-29-26-23-20-17-14-11-8-5-2/h9,12,18,21,27,29,31,44,50,53,59,62,70H,4-8,10-11,13-17,19-20,22-26,28,30,32-43,45-49,51-52,54-58,60-61,63-69H2,1-3H3/b12-9-,21-18-,31-29-,44-27-,53-50-,62-59-. The minimum Gasteiger partial charge on any atom is -0.462 e. The molecule has 0 aromatic carbocycles. The number of hydrogen-bond donors (Lipinski definition) is 0. The molecule has 6 nitrogen and oxygen atoms in total. The lowest BCUT2D eigenvalue weighted by molar-refractivity contribution is -0.166. The Morgan fingerprint density at radius 1 is 0.278 bits per heavy atom. The third kappa shape index (κ3) is 65.5. The Morgan fingerprint density at radius 3 is 0.873 bits per heavy atom. The number of unbranched alkanes of at least 4 members (excludes halogenated alkanes) is 41. The van der Waals surface area contributed by atoms with Crippen LogP contribution in [0.2, 0.25) is 0 Å². The summed E-state index contributed by atoms with van der Waals surface area (Å²) >= 11 is 0. The fourth-order valence-corrected chi connectivity index (χ4v) is 10.1. The van der Waals surface area contributed by atoms with Crippen LogP contribution in [0.4, 0.5) is 0 Å². The van der Waals surface area contributed by atoms with Crippen molar-refractivity contribution in [3.63, 3.8) is 0 Å². The Labute approximate surface area is 491 Å². The van der Waals surface area contributed by atoms with Crippen LogP contribution in [0.5, 0.6) is 0 Å². The number of allylic oxidation sites excluding steroid dienone is 11. The summed E-state index contributed by atoms with van der Waals surface area (Å²) in [6, 6.07) is 0. The molecule has 0 N–H and O–H groups in total. The first-order valence-electron chi connectivity index (χ1n) is 34.4. The summed E-state index contributed by atoms with van der Waals surface area (Å²) in [6.07, 6.45) is 88.2. The monoisotopic (exact) mass is 1100 g/mol. The highest BCUT2D eigenvalue weighted by molar-refractivity contribution is 5.72. The van der Waals surface area contributed by atoms with Gasteiger partial charge >= 0.3 is 17.9 Å². The maximum Gasteiger partial charge on any atom is 0.309 e. The minimum absolute atomic E-state index is 0.104. The topological polar surface area (TPSA) is 78.9 Å². The Hall–Kier alpha value is -3.15. The van der Waals surface area contributed by atoms with E-state index in [4.69, 9.17) is 14.2 Å². The third-order valence-corrected chi connectivity index (χ3v) is 15.2. The molecule has 1 atom stereocenters. The molecule has 6 heteroatoms. The second kappa shape index (κ2) is 67.4. The maximum absolute atomic E-state index is 12.9. The van der Waals surface area contributed by atoms with Gasteiger partial charge in [0, 0.05) is 12.8 Å². The van der Waals surface area contributed by atoms with Crippen molar-refractivity contribution in [3.8, 4) is 0 Å². The normalized spacial score (nSPS) is 12.5. The van der Waals surface area contributed by atoms with Crippen molar-refractivity contribution in [1.82, 2.24) is 0 Å². The van der Waals surface area contributed by atoms with Gasteiger partial charge in [0.25, 0.3) is 0 Å². The van der Waals surface area contributed by atoms with Crippen molar-refractivity contribution >= 4 is 17.9 Å². The molecule has 0 aromatic heterocycles. The summed E-state index contributed by atoms with van der Waals surface area (Å²) in [5.41, 5.74) is 0. The van der Waals surface area contributed by atoms with Gasteiger partial charge in [-0.05, 0) is 70.6 Å². The van der Waals surface area contributed by atoms with E-state index in [0.717, 1.165) is 70.6 Å². The Kier molecular flexibility index (Phi) is 64.7. The zero-order valence-corrected chi connectivity index (χ0v) is 52.6. The van der Waals surface area contributed by atoms with Crippen LogP contribution in [0.25, 0.3) is 0 Å². The van der Waals surface area contributed by atoms with E-state index in [1.165, 1.54) is 244 Å². The summed E-state index contributed by atoms with van der Waals surface area (Å²) < 4.78 is 16.8. The molecule has 0 aliphatic rings. The zero-order valence-electron chi connectivity index (χ0n) is 52.6. The molecular formula is C73H130O6. The molecule has 0 heterocycles. The lowest BCUT2D eigenvalue weighted by Gasteiger charge is -2.18. The van der Waals surface area contributed by atoms with Gasteiger partial charge in [-0.2, -0.15) is 0 Å². The van der Waals surface area contributed by atoms with Crippen LogP contribution < -0.4 is 0 Å². The predicted molar refractivity (Wildman–Crippen MR) is 344 cm³/mol. The van der Waals surface area contributed by atoms with Crippen LogP contribution in [-0.4, -0.2) is 37.2 Å². The van der Waals surface area contributed by atoms with Gasteiger partial charge in [0.15, 0.2) is 6.10 Å². The number of esters is 3. The van der Waals surface area contributed by atoms with E-state index in [1.807, 2.05) is 6.08 Å². The van der Waals surface area contributed by atoms with E-state index in [-0.39, 0.29) is 31.6 Å². The van der Waals surface area contributed by atoms with Gasteiger partial charge in [0.05, 0.1) is 6.42 Å². The maximum atomic E-state index is 12.9. The SMILES string of the molecule is CC/C=C\C/C=C\C/C=C\C/C=C\C/C=C\CC(=O)OCC(COC(=O)CCCCCCCCCCCCCCCCCCCCCCCCCCCCCC)OC(=O)CCCCCCCCC/C=C\CCCCCCCCC. The molecule has 0 radical (unpaired) electrons. The quantitative estimate of drug-likeness (QED) is 0.0261. The minimum atomic E-state index is -0.818. The molecular weight excluding hydrogens is 973 g/mol. The first-order valence-corrected chi connectivity index (χ1v) is 34.4. The second-order valence-corrected chi connectivity index (χ2v) is 23.1. The number of ether oxygens (including phenoxy) is 3. The second-order valence-electron chi connectivity index (χ2n) is 23.1. The molecule has 0 saturated carbocycles. The molecule has 0 aromatic rings. The fraction of sp³-hybridized carbons (Fsp3) is 0.795. The summed E-state index contributed by atoms with van der Waals surface area (Å²) in [5.74, 6) is -1.02. The first kappa shape index (κ1) is 75.8. The molecule has 458 valence electrons. The summed E-state index contributed by atoms with van der Waals surface area (Å²) in [7, 11) is 0. The smallest absolute Gasteiger partial charge is 0.309 e. The average molecular weight is 1100 g/mol. The van der Waals surface area contributed by atoms with E-state index in [0.29, 0.717) is 12.8 Å². The summed E-state index contributed by atoms with van der Waals surface area (Å²) in [6.45, 7) is 6.49. The molecule has 0 rings (SSSR count). The average Bonchev–Trinajstić information content (AvgIpc) is 3.45. The highest BCUT2D eigenvalue weighted by Crippen LogP contribution is 2.18. The molecule has 0 aliphatic heterocycles. The molecule has 0 bridgehead atoms. The van der Waals surface area contributed by atoms with Crippen molar-refractivity contribution in [3.05, 3.63) is 72.9 Å². The lowest BCUT2D eigenvalue weighted by Crippen LogP contribution is -2.30. The van der Waals surface area contributed by atoms with Gasteiger partial charge in [-0.3, -0.25) is 14.4 Å².